The van der Waals surface area contributed by atoms with E-state index in [2.05, 4.69) is 25.4 Å². The summed E-state index contributed by atoms with van der Waals surface area (Å²) in [6.45, 7) is 5.16. The fourth-order valence-corrected chi connectivity index (χ4v) is 1.66. The average Bonchev–Trinajstić information content (AvgIpc) is 2.83. The summed E-state index contributed by atoms with van der Waals surface area (Å²) in [6.07, 6.45) is 0. The number of hydroxylamine groups is 1. The number of nitrogens with one attached hydrogen (secondary N) is 1. The minimum absolute atomic E-state index is 0.0400. The van der Waals surface area contributed by atoms with Gasteiger partial charge in [-0.2, -0.15) is 5.48 Å². The maximum absolute atomic E-state index is 10.9. The molecule has 0 saturated carbocycles. The van der Waals surface area contributed by atoms with Gasteiger partial charge in [-0.15, -0.1) is 0 Å². The number of amidine groups is 1. The summed E-state index contributed by atoms with van der Waals surface area (Å²) < 4.78 is 4.53. The number of nitrogen functional groups attached to an aromatic ring is 1. The highest BCUT2D eigenvalue weighted by Crippen LogP contribution is 2.21. The summed E-state index contributed by atoms with van der Waals surface area (Å²) in [5.41, 5.74) is 11.0. The summed E-state index contributed by atoms with van der Waals surface area (Å²) in [7, 11) is 0. The summed E-state index contributed by atoms with van der Waals surface area (Å²) >= 11 is 0. The minimum Gasteiger partial charge on any atom is -0.379 e. The molecule has 1 aromatic carbocycles. The lowest BCUT2D eigenvalue weighted by atomic mass is 10.1. The van der Waals surface area contributed by atoms with Crippen LogP contribution in [0.3, 0.4) is 0 Å². The van der Waals surface area contributed by atoms with E-state index in [0.717, 1.165) is 11.1 Å². The van der Waals surface area contributed by atoms with Gasteiger partial charge in [-0.05, 0) is 35.8 Å². The molecule has 0 radical (unpaired) electrons. The molecule has 1 aromatic heterocycles. The van der Waals surface area contributed by atoms with E-state index in [4.69, 9.17) is 10.6 Å². The maximum atomic E-state index is 10.9. The van der Waals surface area contributed by atoms with E-state index in [1.807, 2.05) is 32.0 Å². The Morgan fingerprint density at radius 1 is 1.38 bits per heavy atom. The zero-order chi connectivity index (χ0) is 15.4. The molecule has 0 fully saturated rings. The second kappa shape index (κ2) is 6.04. The van der Waals surface area contributed by atoms with Crippen LogP contribution in [0.5, 0.6) is 0 Å². The molecule has 8 heteroatoms. The molecule has 1 heterocycles. The molecule has 2 rings (SSSR count). The zero-order valence-electron chi connectivity index (χ0n) is 11.9. The van der Waals surface area contributed by atoms with Crippen LogP contribution in [0.2, 0.25) is 0 Å². The van der Waals surface area contributed by atoms with E-state index in [0.29, 0.717) is 5.69 Å². The molecule has 2 aromatic rings. The molecule has 0 atom stereocenters. The largest absolute Gasteiger partial charge is 0.379 e. The lowest BCUT2D eigenvalue weighted by molar-refractivity contribution is -0.145. The lowest BCUT2D eigenvalue weighted by Crippen LogP contribution is -2.27. The van der Waals surface area contributed by atoms with Crippen LogP contribution in [0.15, 0.2) is 27.8 Å². The average molecular weight is 289 g/mol. The van der Waals surface area contributed by atoms with Gasteiger partial charge in [0.15, 0.2) is 17.3 Å². The van der Waals surface area contributed by atoms with Crippen molar-refractivity contribution in [2.45, 2.75) is 20.8 Å². The number of aromatic nitrogens is 2. The monoisotopic (exact) mass is 289 g/mol. The highest BCUT2D eigenvalue weighted by molar-refractivity contribution is 6.01. The third-order valence-corrected chi connectivity index (χ3v) is 2.61. The van der Waals surface area contributed by atoms with Crippen LogP contribution in [0.25, 0.3) is 0 Å². The molecule has 0 aliphatic carbocycles. The second-order valence-electron chi connectivity index (χ2n) is 4.44. The van der Waals surface area contributed by atoms with Crippen molar-refractivity contribution in [1.82, 2.24) is 15.8 Å². The number of nitrogens with two attached hydrogens (primary N) is 1. The molecular formula is C13H15N5O3. The number of benzene rings is 1. The van der Waals surface area contributed by atoms with Gasteiger partial charge in [0.05, 0.1) is 5.69 Å². The molecule has 8 nitrogen and oxygen atoms in total. The quantitative estimate of drug-likeness (QED) is 0.488. The third kappa shape index (κ3) is 3.56. The fourth-order valence-electron chi connectivity index (χ4n) is 1.66. The molecule has 3 N–H and O–H groups in total. The van der Waals surface area contributed by atoms with Crippen molar-refractivity contribution in [1.29, 1.82) is 0 Å². The van der Waals surface area contributed by atoms with Crippen molar-refractivity contribution < 1.29 is 14.3 Å². The fraction of sp³-hybridized carbons (Fsp3) is 0.231. The lowest BCUT2D eigenvalue weighted by Gasteiger charge is -2.08. The highest BCUT2D eigenvalue weighted by atomic mass is 16.7. The Morgan fingerprint density at radius 2 is 2.14 bits per heavy atom. The Hall–Kier alpha value is -2.90. The van der Waals surface area contributed by atoms with Crippen LogP contribution in [0.4, 0.5) is 11.5 Å². The number of anilines is 1. The van der Waals surface area contributed by atoms with Crippen LogP contribution in [0, 0.1) is 13.8 Å². The zero-order valence-corrected chi connectivity index (χ0v) is 11.9. The molecular weight excluding hydrogens is 274 g/mol. The van der Waals surface area contributed by atoms with E-state index >= 15 is 0 Å². The minimum atomic E-state index is -0.529. The van der Waals surface area contributed by atoms with E-state index < -0.39 is 5.97 Å². The molecule has 0 bridgehead atoms. The Bertz CT molecular complexity index is 693. The number of carbonyl (C=O) groups is 1. The normalized spacial score (nSPS) is 11.3. The Morgan fingerprint density at radius 3 is 2.71 bits per heavy atom. The van der Waals surface area contributed by atoms with Crippen molar-refractivity contribution in [3.8, 4) is 0 Å². The molecule has 0 aliphatic heterocycles. The van der Waals surface area contributed by atoms with Crippen LogP contribution in [-0.2, 0) is 9.63 Å². The van der Waals surface area contributed by atoms with Crippen molar-refractivity contribution in [2.75, 3.05) is 5.73 Å². The first kappa shape index (κ1) is 14.5. The van der Waals surface area contributed by atoms with Crippen LogP contribution < -0.4 is 11.2 Å². The summed E-state index contributed by atoms with van der Waals surface area (Å²) in [5.74, 6) is -0.354. The van der Waals surface area contributed by atoms with Crippen LogP contribution >= 0.6 is 0 Å². The van der Waals surface area contributed by atoms with E-state index in [1.54, 1.807) is 0 Å². The van der Waals surface area contributed by atoms with Crippen LogP contribution in [0.1, 0.15) is 23.7 Å². The van der Waals surface area contributed by atoms with E-state index in [9.17, 15) is 4.79 Å². The van der Waals surface area contributed by atoms with Crippen LogP contribution in [-0.4, -0.2) is 22.1 Å². The predicted molar refractivity (Wildman–Crippen MR) is 75.7 cm³/mol. The SMILES string of the molecule is CC(=O)ONC(=Nc1ccc(C)cc1C)c1nonc1N. The Kier molecular flexibility index (Phi) is 4.17. The van der Waals surface area contributed by atoms with Gasteiger partial charge in [0.1, 0.15) is 0 Å². The number of carbonyl (C=O) groups excluding carboxylic acids is 1. The second-order valence-corrected chi connectivity index (χ2v) is 4.44. The maximum Gasteiger partial charge on any atom is 0.329 e. The van der Waals surface area contributed by atoms with Gasteiger partial charge in [0, 0.05) is 6.92 Å². The number of aliphatic imine (C=N–C) groups is 1. The molecule has 21 heavy (non-hydrogen) atoms. The molecule has 0 unspecified atom stereocenters. The molecule has 0 spiro atoms. The number of aryl methyl sites for hydroxylation is 2. The number of hydrogen-bond donors (Lipinski definition) is 2. The van der Waals surface area contributed by atoms with Gasteiger partial charge in [0.25, 0.3) is 0 Å². The van der Waals surface area contributed by atoms with Crippen molar-refractivity contribution in [2.24, 2.45) is 4.99 Å². The van der Waals surface area contributed by atoms with Gasteiger partial charge in [0.2, 0.25) is 0 Å². The van der Waals surface area contributed by atoms with Gasteiger partial charge in [-0.3, -0.25) is 4.79 Å². The Labute approximate surface area is 120 Å². The standard InChI is InChI=1S/C13H15N5O3/c1-7-4-5-10(8(2)6-7)15-13(18-20-9(3)19)11-12(14)17-21-16-11/h4-6H,1-3H3,(H2,14,17)(H,15,18). The third-order valence-electron chi connectivity index (χ3n) is 2.61. The Balaban J connectivity index is 2.41. The first-order valence-corrected chi connectivity index (χ1v) is 6.15. The van der Waals surface area contributed by atoms with E-state index in [1.165, 1.54) is 6.92 Å². The van der Waals surface area contributed by atoms with Gasteiger partial charge in [-0.1, -0.05) is 17.7 Å². The highest BCUT2D eigenvalue weighted by Gasteiger charge is 2.16. The summed E-state index contributed by atoms with van der Waals surface area (Å²) in [6, 6.07) is 5.73. The topological polar surface area (TPSA) is 116 Å². The first-order valence-electron chi connectivity index (χ1n) is 6.15. The molecule has 0 aliphatic rings. The number of hydrogen-bond acceptors (Lipinski definition) is 7. The molecule has 0 saturated heterocycles. The van der Waals surface area contributed by atoms with Gasteiger partial charge < -0.3 is 10.6 Å². The molecule has 110 valence electrons. The van der Waals surface area contributed by atoms with Crippen molar-refractivity contribution >= 4 is 23.3 Å². The first-order chi connectivity index (χ1) is 9.97. The predicted octanol–water partition coefficient (Wildman–Crippen LogP) is 1.41. The van der Waals surface area contributed by atoms with Gasteiger partial charge in [-0.25, -0.2) is 9.62 Å². The number of nitrogens with zero attached hydrogens (tertiary/aromatic N) is 3. The number of rotatable bonds is 2. The molecule has 0 amide bonds. The van der Waals surface area contributed by atoms with Crippen molar-refractivity contribution in [3.05, 3.63) is 35.0 Å². The van der Waals surface area contributed by atoms with Gasteiger partial charge >= 0.3 is 5.97 Å². The van der Waals surface area contributed by atoms with Crippen molar-refractivity contribution in [3.63, 3.8) is 0 Å². The smallest absolute Gasteiger partial charge is 0.329 e. The summed E-state index contributed by atoms with van der Waals surface area (Å²) in [4.78, 5) is 20.0. The van der Waals surface area contributed by atoms with E-state index in [-0.39, 0.29) is 17.3 Å². The summed E-state index contributed by atoms with van der Waals surface area (Å²) in [5, 5.41) is 7.11.